The lowest BCUT2D eigenvalue weighted by Gasteiger charge is -2.10. The SMILES string of the molecule is CCOc1cc(C)nc(NCCc2ccccc2OC)n1. The smallest absolute Gasteiger partial charge is 0.226 e. The number of hydrogen-bond acceptors (Lipinski definition) is 5. The normalized spacial score (nSPS) is 10.2. The summed E-state index contributed by atoms with van der Waals surface area (Å²) in [7, 11) is 1.68. The van der Waals surface area contributed by atoms with Crippen molar-refractivity contribution in [2.45, 2.75) is 20.3 Å². The molecule has 1 aromatic carbocycles. The van der Waals surface area contributed by atoms with Crippen molar-refractivity contribution in [3.8, 4) is 11.6 Å². The van der Waals surface area contributed by atoms with E-state index in [1.54, 1.807) is 7.11 Å². The first-order valence-electron chi connectivity index (χ1n) is 7.07. The highest BCUT2D eigenvalue weighted by molar-refractivity contribution is 5.35. The second-order valence-corrected chi connectivity index (χ2v) is 4.59. The van der Waals surface area contributed by atoms with Gasteiger partial charge in [0.2, 0.25) is 11.8 Å². The molecule has 0 aliphatic carbocycles. The van der Waals surface area contributed by atoms with Gasteiger partial charge in [0.15, 0.2) is 0 Å². The number of ether oxygens (including phenoxy) is 2. The molecule has 0 radical (unpaired) electrons. The Hall–Kier alpha value is -2.30. The number of aromatic nitrogens is 2. The fraction of sp³-hybridized carbons (Fsp3) is 0.375. The second kappa shape index (κ2) is 7.47. The molecule has 1 aromatic heterocycles. The van der Waals surface area contributed by atoms with E-state index in [4.69, 9.17) is 9.47 Å². The van der Waals surface area contributed by atoms with Crippen LogP contribution in [0, 0.1) is 6.92 Å². The van der Waals surface area contributed by atoms with Gasteiger partial charge < -0.3 is 14.8 Å². The summed E-state index contributed by atoms with van der Waals surface area (Å²) in [6, 6.07) is 9.83. The minimum atomic E-state index is 0.591. The molecule has 0 saturated heterocycles. The van der Waals surface area contributed by atoms with Crippen LogP contribution < -0.4 is 14.8 Å². The Balaban J connectivity index is 1.97. The third kappa shape index (κ3) is 4.34. The first kappa shape index (κ1) is 15.1. The number of methoxy groups -OCH3 is 1. The zero-order chi connectivity index (χ0) is 15.1. The molecule has 112 valence electrons. The average Bonchev–Trinajstić information content (AvgIpc) is 2.47. The van der Waals surface area contributed by atoms with Crippen LogP contribution in [0.2, 0.25) is 0 Å². The van der Waals surface area contributed by atoms with Gasteiger partial charge in [-0.15, -0.1) is 0 Å². The summed E-state index contributed by atoms with van der Waals surface area (Å²) < 4.78 is 10.8. The average molecular weight is 287 g/mol. The highest BCUT2D eigenvalue weighted by Crippen LogP contribution is 2.18. The van der Waals surface area contributed by atoms with Crippen LogP contribution >= 0.6 is 0 Å². The monoisotopic (exact) mass is 287 g/mol. The number of hydrogen-bond donors (Lipinski definition) is 1. The lowest BCUT2D eigenvalue weighted by atomic mass is 10.1. The fourth-order valence-electron chi connectivity index (χ4n) is 2.06. The van der Waals surface area contributed by atoms with Gasteiger partial charge in [-0.3, -0.25) is 0 Å². The Labute approximate surface area is 125 Å². The summed E-state index contributed by atoms with van der Waals surface area (Å²) in [5.74, 6) is 2.10. The van der Waals surface area contributed by atoms with Crippen LogP contribution in [0.25, 0.3) is 0 Å². The van der Waals surface area contributed by atoms with Gasteiger partial charge in [-0.25, -0.2) is 4.98 Å². The summed E-state index contributed by atoms with van der Waals surface area (Å²) in [4.78, 5) is 8.68. The molecule has 1 N–H and O–H groups in total. The van der Waals surface area contributed by atoms with E-state index in [9.17, 15) is 0 Å². The van der Waals surface area contributed by atoms with Gasteiger partial charge in [-0.05, 0) is 31.9 Å². The minimum Gasteiger partial charge on any atom is -0.496 e. The van der Waals surface area contributed by atoms with Gasteiger partial charge in [0.25, 0.3) is 0 Å². The number of para-hydroxylation sites is 1. The molecule has 0 aliphatic rings. The van der Waals surface area contributed by atoms with E-state index in [-0.39, 0.29) is 0 Å². The molecule has 0 amide bonds. The zero-order valence-electron chi connectivity index (χ0n) is 12.7. The maximum Gasteiger partial charge on any atom is 0.226 e. The summed E-state index contributed by atoms with van der Waals surface area (Å²) in [6.45, 7) is 5.19. The van der Waals surface area contributed by atoms with Crippen LogP contribution in [-0.4, -0.2) is 30.2 Å². The van der Waals surface area contributed by atoms with E-state index in [1.165, 1.54) is 0 Å². The molecule has 2 aromatic rings. The van der Waals surface area contributed by atoms with E-state index in [0.717, 1.165) is 30.0 Å². The zero-order valence-corrected chi connectivity index (χ0v) is 12.7. The van der Waals surface area contributed by atoms with Crippen molar-refractivity contribution in [2.75, 3.05) is 25.6 Å². The van der Waals surface area contributed by atoms with Crippen molar-refractivity contribution >= 4 is 5.95 Å². The standard InChI is InChI=1S/C16H21N3O2/c1-4-21-15-11-12(2)18-16(19-15)17-10-9-13-7-5-6-8-14(13)20-3/h5-8,11H,4,9-10H2,1-3H3,(H,17,18,19). The summed E-state index contributed by atoms with van der Waals surface area (Å²) in [6.07, 6.45) is 0.839. The molecule has 5 heteroatoms. The third-order valence-electron chi connectivity index (χ3n) is 2.99. The van der Waals surface area contributed by atoms with E-state index >= 15 is 0 Å². The topological polar surface area (TPSA) is 56.3 Å². The first-order valence-corrected chi connectivity index (χ1v) is 7.07. The predicted octanol–water partition coefficient (Wildman–Crippen LogP) is 2.85. The molecule has 0 bridgehead atoms. The Morgan fingerprint density at radius 1 is 1.19 bits per heavy atom. The lowest BCUT2D eigenvalue weighted by Crippen LogP contribution is -2.10. The van der Waals surface area contributed by atoms with Gasteiger partial charge in [-0.1, -0.05) is 18.2 Å². The number of aryl methyl sites for hydroxylation is 1. The van der Waals surface area contributed by atoms with Gasteiger partial charge in [0.05, 0.1) is 13.7 Å². The molecule has 0 spiro atoms. The number of nitrogens with zero attached hydrogens (tertiary/aromatic N) is 2. The predicted molar refractivity (Wildman–Crippen MR) is 83.1 cm³/mol. The van der Waals surface area contributed by atoms with Crippen molar-refractivity contribution in [1.82, 2.24) is 9.97 Å². The summed E-state index contributed by atoms with van der Waals surface area (Å²) in [5.41, 5.74) is 2.04. The van der Waals surface area contributed by atoms with Gasteiger partial charge in [0, 0.05) is 18.3 Å². The molecule has 21 heavy (non-hydrogen) atoms. The maximum absolute atomic E-state index is 5.42. The Kier molecular flexibility index (Phi) is 5.37. The Bertz CT molecular complexity index is 587. The van der Waals surface area contributed by atoms with Crippen molar-refractivity contribution < 1.29 is 9.47 Å². The van der Waals surface area contributed by atoms with Gasteiger partial charge in [0.1, 0.15) is 5.75 Å². The number of rotatable bonds is 7. The van der Waals surface area contributed by atoms with Crippen molar-refractivity contribution in [2.24, 2.45) is 0 Å². The molecule has 0 aliphatic heterocycles. The van der Waals surface area contributed by atoms with E-state index in [0.29, 0.717) is 18.4 Å². The maximum atomic E-state index is 5.42. The van der Waals surface area contributed by atoms with Gasteiger partial charge >= 0.3 is 0 Å². The summed E-state index contributed by atoms with van der Waals surface area (Å²) >= 11 is 0. The first-order chi connectivity index (χ1) is 10.2. The largest absolute Gasteiger partial charge is 0.496 e. The van der Waals surface area contributed by atoms with Crippen LogP contribution in [0.5, 0.6) is 11.6 Å². The fourth-order valence-corrected chi connectivity index (χ4v) is 2.06. The number of benzene rings is 1. The van der Waals surface area contributed by atoms with Crippen LogP contribution in [0.4, 0.5) is 5.95 Å². The molecule has 0 unspecified atom stereocenters. The van der Waals surface area contributed by atoms with E-state index in [1.807, 2.05) is 38.1 Å². The molecule has 5 nitrogen and oxygen atoms in total. The quantitative estimate of drug-likeness (QED) is 0.848. The number of nitrogens with one attached hydrogen (secondary N) is 1. The van der Waals surface area contributed by atoms with E-state index < -0.39 is 0 Å². The summed E-state index contributed by atoms with van der Waals surface area (Å²) in [5, 5.41) is 3.23. The third-order valence-corrected chi connectivity index (χ3v) is 2.99. The van der Waals surface area contributed by atoms with Crippen molar-refractivity contribution in [3.63, 3.8) is 0 Å². The van der Waals surface area contributed by atoms with Gasteiger partial charge in [-0.2, -0.15) is 4.98 Å². The molecule has 2 rings (SSSR count). The van der Waals surface area contributed by atoms with Crippen molar-refractivity contribution in [3.05, 3.63) is 41.6 Å². The minimum absolute atomic E-state index is 0.591. The molecular weight excluding hydrogens is 266 g/mol. The van der Waals surface area contributed by atoms with Crippen LogP contribution in [-0.2, 0) is 6.42 Å². The molecule has 0 atom stereocenters. The van der Waals surface area contributed by atoms with E-state index in [2.05, 4.69) is 21.4 Å². The van der Waals surface area contributed by atoms with Crippen molar-refractivity contribution in [1.29, 1.82) is 0 Å². The molecular formula is C16H21N3O2. The number of anilines is 1. The Morgan fingerprint density at radius 2 is 2.00 bits per heavy atom. The lowest BCUT2D eigenvalue weighted by molar-refractivity contribution is 0.326. The molecule has 1 heterocycles. The highest BCUT2D eigenvalue weighted by atomic mass is 16.5. The van der Waals surface area contributed by atoms with Crippen LogP contribution in [0.3, 0.4) is 0 Å². The molecule has 0 saturated carbocycles. The molecule has 0 fully saturated rings. The van der Waals surface area contributed by atoms with Crippen LogP contribution in [0.15, 0.2) is 30.3 Å². The Morgan fingerprint density at radius 3 is 2.76 bits per heavy atom. The second-order valence-electron chi connectivity index (χ2n) is 4.59. The van der Waals surface area contributed by atoms with Crippen LogP contribution in [0.1, 0.15) is 18.2 Å². The highest BCUT2D eigenvalue weighted by Gasteiger charge is 2.04.